The zero-order valence-electron chi connectivity index (χ0n) is 9.99. The molecule has 0 aliphatic heterocycles. The molecule has 5 heteroatoms. The third kappa shape index (κ3) is 4.24. The summed E-state index contributed by atoms with van der Waals surface area (Å²) in [5.74, 6) is -0.455. The van der Waals surface area contributed by atoms with Gasteiger partial charge in [0.25, 0.3) is 0 Å². The maximum absolute atomic E-state index is 11.5. The van der Waals surface area contributed by atoms with Gasteiger partial charge in [-0.05, 0) is 24.3 Å². The Bertz CT molecular complexity index is 401. The zero-order valence-corrected chi connectivity index (χ0v) is 9.99. The Kier molecular flexibility index (Phi) is 4.66. The minimum absolute atomic E-state index is 0.111. The van der Waals surface area contributed by atoms with Gasteiger partial charge in [0.05, 0.1) is 0 Å². The quantitative estimate of drug-likeness (QED) is 0.732. The highest BCUT2D eigenvalue weighted by molar-refractivity contribution is 5.93. The number of benzene rings is 1. The zero-order chi connectivity index (χ0) is 12.8. The van der Waals surface area contributed by atoms with E-state index in [1.165, 1.54) is 6.92 Å². The molecule has 92 valence electrons. The highest BCUT2D eigenvalue weighted by atomic mass is 16.2. The number of nitrogens with two attached hydrogens (primary N) is 1. The minimum Gasteiger partial charge on any atom is -0.330 e. The molecule has 1 unspecified atom stereocenters. The van der Waals surface area contributed by atoms with Gasteiger partial charge in [0.15, 0.2) is 0 Å². The molecule has 5 nitrogen and oxygen atoms in total. The molecule has 17 heavy (non-hydrogen) atoms. The summed E-state index contributed by atoms with van der Waals surface area (Å²) in [7, 11) is 0. The van der Waals surface area contributed by atoms with E-state index >= 15 is 0 Å². The summed E-state index contributed by atoms with van der Waals surface area (Å²) in [6.07, 6.45) is 0. The van der Waals surface area contributed by atoms with Crippen LogP contribution in [0.3, 0.4) is 0 Å². The lowest BCUT2D eigenvalue weighted by Crippen LogP contribution is -2.26. The van der Waals surface area contributed by atoms with Crippen LogP contribution in [-0.4, -0.2) is 18.4 Å². The fourth-order valence-corrected chi connectivity index (χ4v) is 1.21. The minimum atomic E-state index is -0.218. The summed E-state index contributed by atoms with van der Waals surface area (Å²) < 4.78 is 0. The van der Waals surface area contributed by atoms with E-state index in [-0.39, 0.29) is 17.7 Å². The van der Waals surface area contributed by atoms with Crippen LogP contribution in [-0.2, 0) is 9.59 Å². The molecule has 4 N–H and O–H groups in total. The van der Waals surface area contributed by atoms with Crippen molar-refractivity contribution in [3.63, 3.8) is 0 Å². The first-order valence-corrected chi connectivity index (χ1v) is 5.41. The second-order valence-corrected chi connectivity index (χ2v) is 3.88. The number of hydrogen-bond donors (Lipinski definition) is 3. The van der Waals surface area contributed by atoms with Gasteiger partial charge in [0.1, 0.15) is 0 Å². The van der Waals surface area contributed by atoms with Gasteiger partial charge in [0, 0.05) is 30.8 Å². The Morgan fingerprint density at radius 3 is 2.06 bits per heavy atom. The predicted molar refractivity (Wildman–Crippen MR) is 67.6 cm³/mol. The third-order valence-electron chi connectivity index (χ3n) is 2.27. The van der Waals surface area contributed by atoms with Crippen LogP contribution in [0.4, 0.5) is 11.4 Å². The number of nitrogens with one attached hydrogen (secondary N) is 2. The van der Waals surface area contributed by atoms with Gasteiger partial charge in [-0.2, -0.15) is 0 Å². The average molecular weight is 235 g/mol. The lowest BCUT2D eigenvalue weighted by molar-refractivity contribution is -0.119. The normalized spacial score (nSPS) is 11.7. The second kappa shape index (κ2) is 6.00. The van der Waals surface area contributed by atoms with Crippen molar-refractivity contribution in [3.05, 3.63) is 24.3 Å². The molecule has 0 bridgehead atoms. The average Bonchev–Trinajstić information content (AvgIpc) is 2.30. The SMILES string of the molecule is CC(=O)Nc1ccc(NC(=O)C(C)CN)cc1. The Balaban J connectivity index is 2.62. The lowest BCUT2D eigenvalue weighted by atomic mass is 10.1. The fourth-order valence-electron chi connectivity index (χ4n) is 1.21. The molecule has 0 heterocycles. The highest BCUT2D eigenvalue weighted by Gasteiger charge is 2.10. The Morgan fingerprint density at radius 1 is 1.18 bits per heavy atom. The smallest absolute Gasteiger partial charge is 0.228 e. The second-order valence-electron chi connectivity index (χ2n) is 3.88. The van der Waals surface area contributed by atoms with Crippen molar-refractivity contribution in [2.24, 2.45) is 11.7 Å². The maximum Gasteiger partial charge on any atom is 0.228 e. The van der Waals surface area contributed by atoms with E-state index < -0.39 is 0 Å². The summed E-state index contributed by atoms with van der Waals surface area (Å²) in [5.41, 5.74) is 6.78. The summed E-state index contributed by atoms with van der Waals surface area (Å²) in [4.78, 5) is 22.4. The summed E-state index contributed by atoms with van der Waals surface area (Å²) >= 11 is 0. The molecule has 0 fully saturated rings. The van der Waals surface area contributed by atoms with Crippen LogP contribution in [0.1, 0.15) is 13.8 Å². The lowest BCUT2D eigenvalue weighted by Gasteiger charge is -2.10. The van der Waals surface area contributed by atoms with Gasteiger partial charge < -0.3 is 16.4 Å². The molecule has 1 aromatic rings. The molecule has 2 amide bonds. The first kappa shape index (κ1) is 13.2. The van der Waals surface area contributed by atoms with Crippen LogP contribution in [0, 0.1) is 5.92 Å². The number of rotatable bonds is 4. The van der Waals surface area contributed by atoms with E-state index in [1.807, 2.05) is 0 Å². The van der Waals surface area contributed by atoms with Crippen molar-refractivity contribution in [1.82, 2.24) is 0 Å². The fraction of sp³-hybridized carbons (Fsp3) is 0.333. The molecule has 1 aromatic carbocycles. The first-order valence-electron chi connectivity index (χ1n) is 5.41. The van der Waals surface area contributed by atoms with Crippen LogP contribution < -0.4 is 16.4 Å². The van der Waals surface area contributed by atoms with Crippen molar-refractivity contribution in [2.45, 2.75) is 13.8 Å². The molecule has 0 radical (unpaired) electrons. The van der Waals surface area contributed by atoms with Gasteiger partial charge in [-0.3, -0.25) is 9.59 Å². The Labute approximate surface area is 100 Å². The summed E-state index contributed by atoms with van der Waals surface area (Å²) in [5, 5.41) is 5.39. The van der Waals surface area contributed by atoms with Crippen molar-refractivity contribution in [1.29, 1.82) is 0 Å². The molecule has 0 spiro atoms. The number of amides is 2. The number of anilines is 2. The van der Waals surface area contributed by atoms with E-state index in [1.54, 1.807) is 31.2 Å². The van der Waals surface area contributed by atoms with Crippen LogP contribution in [0.15, 0.2) is 24.3 Å². The van der Waals surface area contributed by atoms with Gasteiger partial charge >= 0.3 is 0 Å². The van der Waals surface area contributed by atoms with E-state index in [4.69, 9.17) is 5.73 Å². The van der Waals surface area contributed by atoms with E-state index in [2.05, 4.69) is 10.6 Å². The molecular formula is C12H17N3O2. The van der Waals surface area contributed by atoms with Crippen molar-refractivity contribution in [3.8, 4) is 0 Å². The topological polar surface area (TPSA) is 84.2 Å². The van der Waals surface area contributed by atoms with Crippen molar-refractivity contribution < 1.29 is 9.59 Å². The molecule has 0 aromatic heterocycles. The van der Waals surface area contributed by atoms with Crippen molar-refractivity contribution in [2.75, 3.05) is 17.2 Å². The monoisotopic (exact) mass is 235 g/mol. The number of carbonyl (C=O) groups is 2. The van der Waals surface area contributed by atoms with Crippen LogP contribution in [0.5, 0.6) is 0 Å². The standard InChI is InChI=1S/C12H17N3O2/c1-8(7-13)12(17)15-11-5-3-10(4-6-11)14-9(2)16/h3-6,8H,7,13H2,1-2H3,(H,14,16)(H,15,17). The predicted octanol–water partition coefficient (Wildman–Crippen LogP) is 1.18. The molecule has 0 saturated carbocycles. The van der Waals surface area contributed by atoms with Crippen LogP contribution >= 0.6 is 0 Å². The Morgan fingerprint density at radius 2 is 1.65 bits per heavy atom. The van der Waals surface area contributed by atoms with Gasteiger partial charge in [-0.25, -0.2) is 0 Å². The summed E-state index contributed by atoms with van der Waals surface area (Å²) in [6.45, 7) is 3.52. The molecule has 1 atom stereocenters. The van der Waals surface area contributed by atoms with E-state index in [9.17, 15) is 9.59 Å². The molecular weight excluding hydrogens is 218 g/mol. The largest absolute Gasteiger partial charge is 0.330 e. The highest BCUT2D eigenvalue weighted by Crippen LogP contribution is 2.14. The van der Waals surface area contributed by atoms with Gasteiger partial charge in [0.2, 0.25) is 11.8 Å². The van der Waals surface area contributed by atoms with Gasteiger partial charge in [-0.15, -0.1) is 0 Å². The summed E-state index contributed by atoms with van der Waals surface area (Å²) in [6, 6.07) is 6.91. The number of carbonyl (C=O) groups excluding carboxylic acids is 2. The molecule has 0 aliphatic carbocycles. The Hall–Kier alpha value is -1.88. The molecule has 0 aliphatic rings. The van der Waals surface area contributed by atoms with E-state index in [0.29, 0.717) is 17.9 Å². The third-order valence-corrected chi connectivity index (χ3v) is 2.27. The number of hydrogen-bond acceptors (Lipinski definition) is 3. The maximum atomic E-state index is 11.5. The van der Waals surface area contributed by atoms with Crippen LogP contribution in [0.2, 0.25) is 0 Å². The van der Waals surface area contributed by atoms with Crippen LogP contribution in [0.25, 0.3) is 0 Å². The van der Waals surface area contributed by atoms with Gasteiger partial charge in [-0.1, -0.05) is 6.92 Å². The van der Waals surface area contributed by atoms with E-state index in [0.717, 1.165) is 0 Å². The molecule has 1 rings (SSSR count). The van der Waals surface area contributed by atoms with Crippen molar-refractivity contribution >= 4 is 23.2 Å². The first-order chi connectivity index (χ1) is 8.02. The molecule has 0 saturated heterocycles.